The van der Waals surface area contributed by atoms with Crippen LogP contribution in [-0.2, 0) is 21.5 Å². The molecule has 2 rings (SSSR count). The molecule has 0 aromatic heterocycles. The molecule has 1 atom stereocenters. The highest BCUT2D eigenvalue weighted by Crippen LogP contribution is 2.28. The van der Waals surface area contributed by atoms with Crippen molar-refractivity contribution < 1.29 is 22.2 Å². The maximum atomic E-state index is 12.8. The average Bonchev–Trinajstić information content (AvgIpc) is 2.73. The van der Waals surface area contributed by atoms with E-state index in [1.54, 1.807) is 11.0 Å². The molecule has 0 bridgehead atoms. The van der Waals surface area contributed by atoms with Gasteiger partial charge in [0.1, 0.15) is 10.6 Å². The monoisotopic (exact) mass is 481 g/mol. The molecule has 0 unspecified atom stereocenters. The van der Waals surface area contributed by atoms with E-state index >= 15 is 0 Å². The molecule has 0 spiro atoms. The largest absolute Gasteiger partial charge is 0.379 e. The Morgan fingerprint density at radius 3 is 2.34 bits per heavy atom. The fourth-order valence-corrected chi connectivity index (χ4v) is 4.07. The Bertz CT molecular complexity index is 1060. The summed E-state index contributed by atoms with van der Waals surface area (Å²) in [7, 11) is -4.16. The number of benzene rings is 2. The van der Waals surface area contributed by atoms with Gasteiger partial charge in [0.2, 0.25) is 5.91 Å². The van der Waals surface area contributed by atoms with Gasteiger partial charge in [-0.2, -0.15) is 8.42 Å². The van der Waals surface area contributed by atoms with Gasteiger partial charge >= 0.3 is 16.1 Å². The van der Waals surface area contributed by atoms with Crippen molar-refractivity contribution in [3.05, 3.63) is 53.1 Å². The molecule has 2 aromatic rings. The molecule has 32 heavy (non-hydrogen) atoms. The first-order valence-corrected chi connectivity index (χ1v) is 12.0. The van der Waals surface area contributed by atoms with Gasteiger partial charge in [-0.05, 0) is 62.7 Å². The molecular formula is C22H28ClN3O5S. The van der Waals surface area contributed by atoms with E-state index in [1.165, 1.54) is 43.3 Å². The van der Waals surface area contributed by atoms with Crippen molar-refractivity contribution in [3.8, 4) is 5.75 Å². The van der Waals surface area contributed by atoms with Gasteiger partial charge < -0.3 is 19.7 Å². The summed E-state index contributed by atoms with van der Waals surface area (Å²) in [6.07, 6.45) is 0.715. The molecule has 0 aliphatic carbocycles. The summed E-state index contributed by atoms with van der Waals surface area (Å²) in [5.41, 5.74) is 0.928. The smallest absolute Gasteiger partial charge is 0.339 e. The molecule has 8 nitrogen and oxygen atoms in total. The number of halogens is 1. The third-order valence-electron chi connectivity index (χ3n) is 4.74. The lowest BCUT2D eigenvalue weighted by atomic mass is 10.1. The molecule has 0 aliphatic heterocycles. The lowest BCUT2D eigenvalue weighted by Gasteiger charge is -2.29. The van der Waals surface area contributed by atoms with Crippen molar-refractivity contribution >= 4 is 39.3 Å². The molecule has 0 fully saturated rings. The Morgan fingerprint density at radius 2 is 1.78 bits per heavy atom. The molecule has 0 aliphatic rings. The number of hydrogen-bond acceptors (Lipinski definition) is 5. The van der Waals surface area contributed by atoms with Gasteiger partial charge in [0.15, 0.2) is 0 Å². The van der Waals surface area contributed by atoms with Crippen LogP contribution in [0.5, 0.6) is 5.75 Å². The number of urea groups is 1. The van der Waals surface area contributed by atoms with Crippen LogP contribution in [-0.4, -0.2) is 37.8 Å². The van der Waals surface area contributed by atoms with E-state index in [2.05, 4.69) is 10.6 Å². The minimum atomic E-state index is -4.16. The Kier molecular flexibility index (Phi) is 8.91. The number of hydrogen-bond donors (Lipinski definition) is 2. The standard InChI is InChI=1S/C22H28ClN3O5S/c1-5-15(3)26(22(28)24-6-2)14-17-13-18(23)7-12-21(17)31-32(29,30)20-10-8-19(9-11-20)25-16(4)27/h7-13,15H,5-6,14H2,1-4H3,(H,24,28)(H,25,27)/t15-/m0/s1. The van der Waals surface area contributed by atoms with Crippen LogP contribution in [0.2, 0.25) is 5.02 Å². The molecule has 2 aromatic carbocycles. The predicted molar refractivity (Wildman–Crippen MR) is 124 cm³/mol. The number of nitrogens with one attached hydrogen (secondary N) is 2. The van der Waals surface area contributed by atoms with E-state index in [1.807, 2.05) is 20.8 Å². The molecule has 0 radical (unpaired) electrons. The van der Waals surface area contributed by atoms with Crippen LogP contribution in [0.1, 0.15) is 39.7 Å². The van der Waals surface area contributed by atoms with Gasteiger partial charge in [0, 0.05) is 35.8 Å². The van der Waals surface area contributed by atoms with Gasteiger partial charge in [-0.3, -0.25) is 4.79 Å². The first-order chi connectivity index (χ1) is 15.1. The third-order valence-corrected chi connectivity index (χ3v) is 6.22. The fourth-order valence-electron chi connectivity index (χ4n) is 2.91. The Labute approximate surface area is 194 Å². The molecule has 10 heteroatoms. The van der Waals surface area contributed by atoms with Crippen molar-refractivity contribution in [1.82, 2.24) is 10.2 Å². The summed E-state index contributed by atoms with van der Waals surface area (Å²) in [5, 5.41) is 5.74. The van der Waals surface area contributed by atoms with Crippen LogP contribution >= 0.6 is 11.6 Å². The maximum absolute atomic E-state index is 12.8. The van der Waals surface area contributed by atoms with Crippen LogP contribution < -0.4 is 14.8 Å². The number of carbonyl (C=O) groups excluding carboxylic acids is 2. The second-order valence-electron chi connectivity index (χ2n) is 7.22. The van der Waals surface area contributed by atoms with Gasteiger partial charge in [-0.15, -0.1) is 0 Å². The lowest BCUT2D eigenvalue weighted by molar-refractivity contribution is -0.114. The second-order valence-corrected chi connectivity index (χ2v) is 9.20. The lowest BCUT2D eigenvalue weighted by Crippen LogP contribution is -2.44. The number of rotatable bonds is 9. The summed E-state index contributed by atoms with van der Waals surface area (Å²) >= 11 is 6.14. The predicted octanol–water partition coefficient (Wildman–Crippen LogP) is 4.40. The molecule has 0 saturated heterocycles. The number of nitrogens with zero attached hydrogens (tertiary/aromatic N) is 1. The first kappa shape index (κ1) is 25.5. The van der Waals surface area contributed by atoms with Crippen LogP contribution in [0.4, 0.5) is 10.5 Å². The highest BCUT2D eigenvalue weighted by molar-refractivity contribution is 7.87. The zero-order valence-corrected chi connectivity index (χ0v) is 20.1. The molecule has 0 heterocycles. The topological polar surface area (TPSA) is 105 Å². The minimum absolute atomic E-state index is 0.0741. The van der Waals surface area contributed by atoms with Crippen molar-refractivity contribution in [2.75, 3.05) is 11.9 Å². The van der Waals surface area contributed by atoms with E-state index in [4.69, 9.17) is 15.8 Å². The van der Waals surface area contributed by atoms with Gasteiger partial charge in [0.25, 0.3) is 0 Å². The molecule has 0 saturated carbocycles. The fraction of sp³-hybridized carbons (Fsp3) is 0.364. The van der Waals surface area contributed by atoms with E-state index < -0.39 is 10.1 Å². The minimum Gasteiger partial charge on any atom is -0.379 e. The van der Waals surface area contributed by atoms with Crippen molar-refractivity contribution in [2.45, 2.75) is 51.6 Å². The summed E-state index contributed by atoms with van der Waals surface area (Å²) in [6.45, 7) is 7.64. The van der Waals surface area contributed by atoms with Gasteiger partial charge in [-0.1, -0.05) is 18.5 Å². The van der Waals surface area contributed by atoms with Crippen molar-refractivity contribution in [2.24, 2.45) is 0 Å². The second kappa shape index (κ2) is 11.2. The number of carbonyl (C=O) groups is 2. The number of anilines is 1. The average molecular weight is 482 g/mol. The summed E-state index contributed by atoms with van der Waals surface area (Å²) in [6, 6.07) is 9.85. The van der Waals surface area contributed by atoms with Gasteiger partial charge in [0.05, 0.1) is 6.54 Å². The Balaban J connectivity index is 2.34. The third kappa shape index (κ3) is 6.86. The molecule has 2 N–H and O–H groups in total. The van der Waals surface area contributed by atoms with Crippen LogP contribution in [0, 0.1) is 0 Å². The maximum Gasteiger partial charge on any atom is 0.339 e. The summed E-state index contributed by atoms with van der Waals surface area (Å²) in [4.78, 5) is 25.2. The highest BCUT2D eigenvalue weighted by atomic mass is 35.5. The first-order valence-electron chi connectivity index (χ1n) is 10.2. The SMILES string of the molecule is CCNC(=O)N(Cc1cc(Cl)ccc1OS(=O)(=O)c1ccc(NC(C)=O)cc1)[C@@H](C)CC. The summed E-state index contributed by atoms with van der Waals surface area (Å²) < 4.78 is 31.1. The zero-order valence-electron chi connectivity index (χ0n) is 18.5. The molecule has 174 valence electrons. The quantitative estimate of drug-likeness (QED) is 0.516. The summed E-state index contributed by atoms with van der Waals surface area (Å²) in [5.74, 6) is -0.182. The van der Waals surface area contributed by atoms with Crippen LogP contribution in [0.3, 0.4) is 0 Å². The highest BCUT2D eigenvalue weighted by Gasteiger charge is 2.23. The van der Waals surface area contributed by atoms with Crippen molar-refractivity contribution in [1.29, 1.82) is 0 Å². The van der Waals surface area contributed by atoms with Crippen molar-refractivity contribution in [3.63, 3.8) is 0 Å². The Morgan fingerprint density at radius 1 is 1.12 bits per heavy atom. The van der Waals surface area contributed by atoms with E-state index in [9.17, 15) is 18.0 Å². The van der Waals surface area contributed by atoms with Gasteiger partial charge in [-0.25, -0.2) is 4.79 Å². The van der Waals surface area contributed by atoms with E-state index in [-0.39, 0.29) is 35.2 Å². The Hall–Kier alpha value is -2.78. The van der Waals surface area contributed by atoms with Crippen LogP contribution in [0.15, 0.2) is 47.4 Å². The number of amides is 3. The van der Waals surface area contributed by atoms with Crippen LogP contribution in [0.25, 0.3) is 0 Å². The normalized spacial score (nSPS) is 12.0. The molecule has 3 amide bonds. The zero-order chi connectivity index (χ0) is 23.9. The molecular weight excluding hydrogens is 454 g/mol. The van der Waals surface area contributed by atoms with E-state index in [0.717, 1.165) is 0 Å². The van der Waals surface area contributed by atoms with E-state index in [0.29, 0.717) is 29.2 Å².